The van der Waals surface area contributed by atoms with Gasteiger partial charge >= 0.3 is 5.97 Å². The molecule has 0 radical (unpaired) electrons. The number of carbonyl (C=O) groups excluding carboxylic acids is 1. The summed E-state index contributed by atoms with van der Waals surface area (Å²) in [6.07, 6.45) is 1.46. The molecule has 182 valence electrons. The van der Waals surface area contributed by atoms with Gasteiger partial charge in [-0.05, 0) is 65.2 Å². The van der Waals surface area contributed by atoms with Crippen molar-refractivity contribution >= 4 is 12.0 Å². The minimum Gasteiger partial charge on any atom is -0.508 e. The number of rotatable bonds is 7. The Morgan fingerprint density at radius 2 is 1.60 bits per heavy atom. The zero-order valence-electron chi connectivity index (χ0n) is 19.3. The van der Waals surface area contributed by atoms with Gasteiger partial charge in [0.2, 0.25) is 0 Å². The Bertz CT molecular complexity index is 1230. The standard InChI is InChI=1S/C27H26O8/c1-32-24-12-16(3-9-22(24)29)11-19-14-34-26(18-6-10-23(30)25(13-18)33-2)21(19)15-35-27(31)17-4-7-20(28)8-5-17/h3-13,21,26,28-30H,14-15H2,1-2H3/b19-11-/t21-,26+/m1/s1. The van der Waals surface area contributed by atoms with Crippen LogP contribution in [0.15, 0.2) is 66.2 Å². The lowest BCUT2D eigenvalue weighted by Gasteiger charge is -2.20. The lowest BCUT2D eigenvalue weighted by Crippen LogP contribution is -2.19. The lowest BCUT2D eigenvalue weighted by molar-refractivity contribution is 0.0315. The van der Waals surface area contributed by atoms with Gasteiger partial charge in [-0.3, -0.25) is 0 Å². The van der Waals surface area contributed by atoms with Crippen LogP contribution >= 0.6 is 0 Å². The Morgan fingerprint density at radius 1 is 0.943 bits per heavy atom. The summed E-state index contributed by atoms with van der Waals surface area (Å²) in [5.41, 5.74) is 2.75. The molecule has 1 aliphatic rings. The van der Waals surface area contributed by atoms with Crippen LogP contribution in [0, 0.1) is 5.92 Å². The highest BCUT2D eigenvalue weighted by Crippen LogP contribution is 2.42. The summed E-state index contributed by atoms with van der Waals surface area (Å²) in [6, 6.07) is 15.8. The Morgan fingerprint density at radius 3 is 2.29 bits per heavy atom. The van der Waals surface area contributed by atoms with Gasteiger partial charge in [0.15, 0.2) is 23.0 Å². The molecule has 2 atom stereocenters. The van der Waals surface area contributed by atoms with Gasteiger partial charge in [0, 0.05) is 5.92 Å². The topological polar surface area (TPSA) is 115 Å². The number of carbonyl (C=O) groups is 1. The van der Waals surface area contributed by atoms with Crippen molar-refractivity contribution in [3.05, 3.63) is 82.9 Å². The first-order valence-electron chi connectivity index (χ1n) is 10.9. The molecule has 3 N–H and O–H groups in total. The molecular weight excluding hydrogens is 452 g/mol. The van der Waals surface area contributed by atoms with Crippen LogP contribution in [0.3, 0.4) is 0 Å². The van der Waals surface area contributed by atoms with Crippen LogP contribution in [0.1, 0.15) is 27.6 Å². The molecule has 1 fully saturated rings. The van der Waals surface area contributed by atoms with E-state index in [0.29, 0.717) is 23.7 Å². The highest BCUT2D eigenvalue weighted by molar-refractivity contribution is 5.89. The fourth-order valence-electron chi connectivity index (χ4n) is 3.99. The first-order chi connectivity index (χ1) is 16.9. The maximum atomic E-state index is 12.6. The van der Waals surface area contributed by atoms with E-state index in [1.54, 1.807) is 30.3 Å². The molecule has 0 aromatic heterocycles. The van der Waals surface area contributed by atoms with Gasteiger partial charge in [0.05, 0.1) is 32.5 Å². The molecule has 8 nitrogen and oxygen atoms in total. The van der Waals surface area contributed by atoms with Gasteiger partial charge < -0.3 is 34.3 Å². The monoisotopic (exact) mass is 478 g/mol. The second-order valence-corrected chi connectivity index (χ2v) is 8.07. The third-order valence-corrected chi connectivity index (χ3v) is 5.86. The number of ether oxygens (including phenoxy) is 4. The number of benzene rings is 3. The van der Waals surface area contributed by atoms with Crippen molar-refractivity contribution in [2.24, 2.45) is 5.92 Å². The number of esters is 1. The normalized spacial score (nSPS) is 18.4. The molecule has 8 heteroatoms. The van der Waals surface area contributed by atoms with Gasteiger partial charge in [-0.2, -0.15) is 0 Å². The van der Waals surface area contributed by atoms with Crippen molar-refractivity contribution in [3.8, 4) is 28.7 Å². The van der Waals surface area contributed by atoms with Crippen LogP contribution in [0.2, 0.25) is 0 Å². The van der Waals surface area contributed by atoms with Gasteiger partial charge in [0.25, 0.3) is 0 Å². The Kier molecular flexibility index (Phi) is 7.12. The number of aromatic hydroxyl groups is 3. The molecule has 0 unspecified atom stereocenters. The molecule has 0 saturated carbocycles. The Hall–Kier alpha value is -4.17. The summed E-state index contributed by atoms with van der Waals surface area (Å²) in [4.78, 5) is 12.6. The van der Waals surface area contributed by atoms with E-state index in [-0.39, 0.29) is 29.8 Å². The number of phenolic OH excluding ortho intramolecular Hbond substituents is 3. The summed E-state index contributed by atoms with van der Waals surface area (Å²) in [6.45, 7) is 0.326. The maximum Gasteiger partial charge on any atom is 0.338 e. The van der Waals surface area contributed by atoms with Crippen molar-refractivity contribution in [1.29, 1.82) is 0 Å². The molecule has 0 spiro atoms. The third kappa shape index (κ3) is 5.33. The van der Waals surface area contributed by atoms with Gasteiger partial charge in [-0.1, -0.05) is 18.2 Å². The molecular formula is C27H26O8. The summed E-state index contributed by atoms with van der Waals surface area (Å²) < 4.78 is 22.2. The number of hydrogen-bond donors (Lipinski definition) is 3. The molecule has 3 aromatic rings. The van der Waals surface area contributed by atoms with E-state index in [2.05, 4.69) is 0 Å². The van der Waals surface area contributed by atoms with E-state index in [4.69, 9.17) is 18.9 Å². The van der Waals surface area contributed by atoms with Crippen molar-refractivity contribution < 1.29 is 39.1 Å². The number of hydrogen-bond acceptors (Lipinski definition) is 8. The van der Waals surface area contributed by atoms with Crippen LogP contribution < -0.4 is 9.47 Å². The predicted molar refractivity (Wildman–Crippen MR) is 128 cm³/mol. The summed E-state index contributed by atoms with van der Waals surface area (Å²) in [5, 5.41) is 29.4. The number of methoxy groups -OCH3 is 2. The third-order valence-electron chi connectivity index (χ3n) is 5.86. The first-order valence-corrected chi connectivity index (χ1v) is 10.9. The molecule has 1 aliphatic heterocycles. The van der Waals surface area contributed by atoms with E-state index >= 15 is 0 Å². The highest BCUT2D eigenvalue weighted by atomic mass is 16.5. The van der Waals surface area contributed by atoms with Crippen molar-refractivity contribution in [2.75, 3.05) is 27.4 Å². The van der Waals surface area contributed by atoms with E-state index in [9.17, 15) is 20.1 Å². The average Bonchev–Trinajstić information content (AvgIpc) is 3.26. The largest absolute Gasteiger partial charge is 0.508 e. The summed E-state index contributed by atoms with van der Waals surface area (Å²) in [7, 11) is 2.94. The fraction of sp³-hybridized carbons (Fsp3) is 0.222. The van der Waals surface area contributed by atoms with Crippen molar-refractivity contribution in [2.45, 2.75) is 6.10 Å². The molecule has 1 saturated heterocycles. The van der Waals surface area contributed by atoms with E-state index < -0.39 is 12.1 Å². The lowest BCUT2D eigenvalue weighted by atomic mass is 9.91. The van der Waals surface area contributed by atoms with Crippen LogP contribution in [0.25, 0.3) is 6.08 Å². The van der Waals surface area contributed by atoms with Gasteiger partial charge in [-0.15, -0.1) is 0 Å². The predicted octanol–water partition coefficient (Wildman–Crippen LogP) is 4.45. The van der Waals surface area contributed by atoms with Gasteiger partial charge in [0.1, 0.15) is 12.4 Å². The molecule has 3 aromatic carbocycles. The molecule has 35 heavy (non-hydrogen) atoms. The number of phenols is 3. The SMILES string of the molecule is COc1cc(/C=C2/CO[C@@H](c3ccc(O)c(OC)c3)[C@@H]2COC(=O)c2ccc(O)cc2)ccc1O. The second kappa shape index (κ2) is 10.4. The van der Waals surface area contributed by atoms with Crippen molar-refractivity contribution in [3.63, 3.8) is 0 Å². The quantitative estimate of drug-likeness (QED) is 0.427. The zero-order valence-corrected chi connectivity index (χ0v) is 19.3. The van der Waals surface area contributed by atoms with Gasteiger partial charge in [-0.25, -0.2) is 4.79 Å². The Labute approximate surface area is 202 Å². The van der Waals surface area contributed by atoms with Crippen LogP contribution in [-0.2, 0) is 9.47 Å². The molecule has 1 heterocycles. The summed E-state index contributed by atoms with van der Waals surface area (Å²) >= 11 is 0. The van der Waals surface area contributed by atoms with Crippen LogP contribution in [0.4, 0.5) is 0 Å². The zero-order chi connectivity index (χ0) is 24.9. The minimum absolute atomic E-state index is 0.0107. The minimum atomic E-state index is -0.524. The maximum absolute atomic E-state index is 12.6. The molecule has 4 rings (SSSR count). The molecule has 0 amide bonds. The van der Waals surface area contributed by atoms with Crippen molar-refractivity contribution in [1.82, 2.24) is 0 Å². The summed E-state index contributed by atoms with van der Waals surface area (Å²) in [5.74, 6) is -0.0985. The van der Waals surface area contributed by atoms with E-state index in [0.717, 1.165) is 16.7 Å². The first kappa shape index (κ1) is 24.0. The molecule has 0 aliphatic carbocycles. The second-order valence-electron chi connectivity index (χ2n) is 8.07. The average molecular weight is 478 g/mol. The van der Waals surface area contributed by atoms with Crippen LogP contribution in [0.5, 0.6) is 28.7 Å². The fourth-order valence-corrected chi connectivity index (χ4v) is 3.99. The van der Waals surface area contributed by atoms with Crippen LogP contribution in [-0.4, -0.2) is 48.7 Å². The van der Waals surface area contributed by atoms with E-state index in [1.165, 1.54) is 44.6 Å². The van der Waals surface area contributed by atoms with E-state index in [1.807, 2.05) is 6.08 Å². The Balaban J connectivity index is 1.64. The smallest absolute Gasteiger partial charge is 0.338 e. The highest BCUT2D eigenvalue weighted by Gasteiger charge is 2.35. The molecule has 0 bridgehead atoms.